The van der Waals surface area contributed by atoms with Crippen molar-refractivity contribution in [1.82, 2.24) is 15.0 Å². The highest BCUT2D eigenvalue weighted by atomic mass is 32.1. The second-order valence-electron chi connectivity index (χ2n) is 16.3. The van der Waals surface area contributed by atoms with Gasteiger partial charge in [-0.05, 0) is 52.1 Å². The van der Waals surface area contributed by atoms with Crippen molar-refractivity contribution >= 4 is 53.2 Å². The monoisotopic (exact) mass is 783 g/mol. The quantitative estimate of drug-likeness (QED) is 0.163. The zero-order valence-electron chi connectivity index (χ0n) is 33.1. The van der Waals surface area contributed by atoms with Gasteiger partial charge in [0.25, 0.3) is 0 Å². The van der Waals surface area contributed by atoms with Crippen LogP contribution in [0.5, 0.6) is 0 Å². The summed E-state index contributed by atoms with van der Waals surface area (Å²) in [4.78, 5) is 15.9. The largest absolute Gasteiger partial charge is 0.246 e. The third-order valence-corrected chi connectivity index (χ3v) is 13.6. The Labute approximate surface area is 352 Å². The van der Waals surface area contributed by atoms with Gasteiger partial charge in [0.15, 0.2) is 5.82 Å². The molecule has 282 valence electrons. The highest BCUT2D eigenvalue weighted by Gasteiger charge is 2.35. The van der Waals surface area contributed by atoms with E-state index < -0.39 is 0 Å². The smallest absolute Gasteiger partial charge is 0.160 e. The molecule has 1 aliphatic rings. The number of para-hydroxylation sites is 1. The molecule has 0 unspecified atom stereocenters. The average molecular weight is 784 g/mol. The molecule has 0 fully saturated rings. The minimum atomic E-state index is -0.0570. The molecule has 12 rings (SSSR count). The van der Waals surface area contributed by atoms with Gasteiger partial charge in [0, 0.05) is 69.6 Å². The molecular weight excluding hydrogens is 747 g/mol. The lowest BCUT2D eigenvalue weighted by Crippen LogP contribution is -2.14. The molecule has 3 heterocycles. The van der Waals surface area contributed by atoms with Crippen molar-refractivity contribution in [1.29, 1.82) is 0 Å². The second-order valence-corrected chi connectivity index (χ2v) is 17.4. The van der Waals surface area contributed by atoms with E-state index in [-0.39, 0.29) is 5.41 Å². The number of pyridine rings is 1. The van der Waals surface area contributed by atoms with Crippen molar-refractivity contribution in [2.24, 2.45) is 0 Å². The number of hydrogen-bond acceptors (Lipinski definition) is 4. The van der Waals surface area contributed by atoms with Crippen LogP contribution in [0.3, 0.4) is 0 Å². The molecular formula is C56H37N3S. The number of fused-ring (bicyclic) bond motifs is 10. The van der Waals surface area contributed by atoms with Gasteiger partial charge in [0.05, 0.1) is 22.6 Å². The lowest BCUT2D eigenvalue weighted by Gasteiger charge is -2.21. The Morgan fingerprint density at radius 2 is 1.02 bits per heavy atom. The van der Waals surface area contributed by atoms with Crippen LogP contribution < -0.4 is 0 Å². The lowest BCUT2D eigenvalue weighted by atomic mass is 9.82. The number of rotatable bonds is 5. The van der Waals surface area contributed by atoms with Crippen molar-refractivity contribution in [2.45, 2.75) is 19.3 Å². The van der Waals surface area contributed by atoms with Gasteiger partial charge >= 0.3 is 0 Å². The Morgan fingerprint density at radius 3 is 1.83 bits per heavy atom. The molecule has 1 aliphatic carbocycles. The third-order valence-electron chi connectivity index (χ3n) is 12.5. The van der Waals surface area contributed by atoms with Gasteiger partial charge in [-0.3, -0.25) is 0 Å². The van der Waals surface area contributed by atoms with Crippen LogP contribution >= 0.6 is 11.3 Å². The average Bonchev–Trinajstić information content (AvgIpc) is 3.80. The Bertz CT molecular complexity index is 3490. The van der Waals surface area contributed by atoms with E-state index in [0.717, 1.165) is 61.4 Å². The molecule has 3 aromatic heterocycles. The Kier molecular flexibility index (Phi) is 7.75. The number of nitrogens with zero attached hydrogens (tertiary/aromatic N) is 3. The van der Waals surface area contributed by atoms with Crippen LogP contribution in [-0.2, 0) is 5.41 Å². The first-order valence-electron chi connectivity index (χ1n) is 20.5. The van der Waals surface area contributed by atoms with Gasteiger partial charge in [-0.2, -0.15) is 0 Å². The number of benzene rings is 8. The maximum atomic E-state index is 5.52. The zero-order chi connectivity index (χ0) is 40.0. The SMILES string of the molecule is CC1(C)c2ccccc2-c2cc(-c3cc(-c4ccc(-c5cccc6c5nc(-c5ccccc5)c5ccc7sc8ccccc8c7c56)cc4)nc(-c4ccccc4)n3)ccc21. The van der Waals surface area contributed by atoms with E-state index in [1.54, 1.807) is 0 Å². The van der Waals surface area contributed by atoms with Crippen LogP contribution in [0.2, 0.25) is 0 Å². The molecule has 0 saturated heterocycles. The first kappa shape index (κ1) is 34.7. The van der Waals surface area contributed by atoms with Gasteiger partial charge in [0.2, 0.25) is 0 Å². The Hall–Kier alpha value is -7.27. The van der Waals surface area contributed by atoms with Crippen LogP contribution in [0, 0.1) is 0 Å². The summed E-state index contributed by atoms with van der Waals surface area (Å²) < 4.78 is 2.59. The maximum absolute atomic E-state index is 5.52. The Balaban J connectivity index is 1.02. The molecule has 0 aliphatic heterocycles. The van der Waals surface area contributed by atoms with Crippen molar-refractivity contribution in [2.75, 3.05) is 0 Å². The molecule has 0 atom stereocenters. The zero-order valence-corrected chi connectivity index (χ0v) is 34.0. The predicted molar refractivity (Wildman–Crippen MR) is 252 cm³/mol. The standard InChI is InChI=1S/C56H37N3S/c1-56(2)45-22-11-9-18-40(45)44-32-38(28-30-46(44)56)48-33-47(57-55(58-48)37-16-7-4-8-17-37)35-26-24-34(25-27-35)39-20-13-21-42-51-43(53(59-54(39)42)36-14-5-3-6-15-36)29-31-50-52(51)41-19-10-12-23-49(41)60-50/h3-33H,1-2H3. The molecule has 0 amide bonds. The minimum absolute atomic E-state index is 0.0570. The number of thiophene rings is 1. The molecule has 0 radical (unpaired) electrons. The molecule has 60 heavy (non-hydrogen) atoms. The van der Waals surface area contributed by atoms with Gasteiger partial charge in [-0.1, -0.05) is 178 Å². The van der Waals surface area contributed by atoms with Gasteiger partial charge < -0.3 is 0 Å². The van der Waals surface area contributed by atoms with Crippen molar-refractivity contribution in [3.8, 4) is 67.4 Å². The Morgan fingerprint density at radius 1 is 0.383 bits per heavy atom. The fourth-order valence-electron chi connectivity index (χ4n) is 9.54. The van der Waals surface area contributed by atoms with E-state index in [0.29, 0.717) is 5.82 Å². The summed E-state index contributed by atoms with van der Waals surface area (Å²) >= 11 is 1.86. The first-order valence-corrected chi connectivity index (χ1v) is 21.3. The summed E-state index contributed by atoms with van der Waals surface area (Å²) in [7, 11) is 0. The van der Waals surface area contributed by atoms with Crippen LogP contribution in [0.1, 0.15) is 25.0 Å². The van der Waals surface area contributed by atoms with E-state index in [1.807, 2.05) is 29.5 Å². The first-order chi connectivity index (χ1) is 29.5. The van der Waals surface area contributed by atoms with Crippen LogP contribution in [-0.4, -0.2) is 15.0 Å². The van der Waals surface area contributed by atoms with E-state index in [1.165, 1.54) is 53.2 Å². The minimum Gasteiger partial charge on any atom is -0.246 e. The lowest BCUT2D eigenvalue weighted by molar-refractivity contribution is 0.660. The highest BCUT2D eigenvalue weighted by Crippen LogP contribution is 2.50. The van der Waals surface area contributed by atoms with Gasteiger partial charge in [-0.15, -0.1) is 11.3 Å². The fourth-order valence-corrected chi connectivity index (χ4v) is 10.7. The third kappa shape index (κ3) is 5.38. The predicted octanol–water partition coefficient (Wildman–Crippen LogP) is 15.2. The van der Waals surface area contributed by atoms with E-state index in [2.05, 4.69) is 184 Å². The topological polar surface area (TPSA) is 38.7 Å². The van der Waals surface area contributed by atoms with E-state index in [4.69, 9.17) is 15.0 Å². The van der Waals surface area contributed by atoms with Gasteiger partial charge in [0.1, 0.15) is 0 Å². The summed E-state index contributed by atoms with van der Waals surface area (Å²) in [5.74, 6) is 0.708. The molecule has 8 aromatic carbocycles. The van der Waals surface area contributed by atoms with Gasteiger partial charge in [-0.25, -0.2) is 15.0 Å². The van der Waals surface area contributed by atoms with E-state index >= 15 is 0 Å². The van der Waals surface area contributed by atoms with Crippen molar-refractivity contribution in [3.63, 3.8) is 0 Å². The van der Waals surface area contributed by atoms with Crippen LogP contribution in [0.15, 0.2) is 188 Å². The van der Waals surface area contributed by atoms with Crippen molar-refractivity contribution < 1.29 is 0 Å². The molecule has 4 heteroatoms. The molecule has 11 aromatic rings. The summed E-state index contributed by atoms with van der Waals surface area (Å²) in [6, 6.07) is 67.5. The van der Waals surface area contributed by atoms with E-state index in [9.17, 15) is 0 Å². The second kappa shape index (κ2) is 13.4. The number of aromatic nitrogens is 3. The summed E-state index contributed by atoms with van der Waals surface area (Å²) in [5.41, 5.74) is 15.4. The summed E-state index contributed by atoms with van der Waals surface area (Å²) in [6.45, 7) is 4.64. The van der Waals surface area contributed by atoms with Crippen LogP contribution in [0.25, 0.3) is 109 Å². The normalized spacial score (nSPS) is 13.0. The molecule has 0 saturated carbocycles. The fraction of sp³-hybridized carbons (Fsp3) is 0.0536. The molecule has 3 nitrogen and oxygen atoms in total. The molecule has 0 spiro atoms. The molecule has 0 bridgehead atoms. The number of hydrogen-bond donors (Lipinski definition) is 0. The highest BCUT2D eigenvalue weighted by molar-refractivity contribution is 7.26. The molecule has 0 N–H and O–H groups in total. The maximum Gasteiger partial charge on any atom is 0.160 e. The van der Waals surface area contributed by atoms with Crippen molar-refractivity contribution in [3.05, 3.63) is 199 Å². The summed E-state index contributed by atoms with van der Waals surface area (Å²) in [5, 5.41) is 6.18. The van der Waals surface area contributed by atoms with Crippen LogP contribution in [0.4, 0.5) is 0 Å². The summed E-state index contributed by atoms with van der Waals surface area (Å²) in [6.07, 6.45) is 0.